The molecule has 0 saturated heterocycles. The first-order valence-electron chi connectivity index (χ1n) is 7.72. The number of hydrazone groups is 1. The molecule has 7 heteroatoms. The van der Waals surface area contributed by atoms with Crippen LogP contribution in [0.15, 0.2) is 45.8 Å². The Balaban J connectivity index is 1.97. The van der Waals surface area contributed by atoms with Gasteiger partial charge in [-0.05, 0) is 35.8 Å². The second kappa shape index (κ2) is 6.07. The number of amidine groups is 1. The van der Waals surface area contributed by atoms with Gasteiger partial charge in [-0.25, -0.2) is 5.01 Å². The normalized spacial score (nSPS) is 19.2. The van der Waals surface area contributed by atoms with E-state index >= 15 is 0 Å². The number of carbonyl (C=O) groups is 1. The highest BCUT2D eigenvalue weighted by molar-refractivity contribution is 8.13. The molecule has 0 bridgehead atoms. The third-order valence-corrected chi connectivity index (χ3v) is 5.74. The van der Waals surface area contributed by atoms with E-state index in [9.17, 15) is 4.79 Å². The fourth-order valence-corrected chi connectivity index (χ4v) is 4.38. The largest absolute Gasteiger partial charge is 0.298 e. The molecule has 1 atom stereocenters. The van der Waals surface area contributed by atoms with Crippen molar-refractivity contribution in [1.82, 2.24) is 10.3 Å². The molecular formula is C17H16N4OS2. The number of para-hydroxylation sites is 1. The van der Waals surface area contributed by atoms with Gasteiger partial charge in [0.2, 0.25) is 0 Å². The van der Waals surface area contributed by atoms with Gasteiger partial charge in [0, 0.05) is 5.22 Å². The van der Waals surface area contributed by atoms with Crippen LogP contribution in [0.3, 0.4) is 0 Å². The molecule has 122 valence electrons. The molecule has 0 unspecified atom stereocenters. The molecule has 1 amide bonds. The van der Waals surface area contributed by atoms with E-state index in [0.29, 0.717) is 10.9 Å². The number of benzene rings is 1. The first-order chi connectivity index (χ1) is 11.7. The molecule has 1 N–H and O–H groups in total. The van der Waals surface area contributed by atoms with Gasteiger partial charge in [-0.1, -0.05) is 36.9 Å². The summed E-state index contributed by atoms with van der Waals surface area (Å²) in [6.07, 6.45) is -0.298. The summed E-state index contributed by atoms with van der Waals surface area (Å²) in [6.45, 7) is 4.10. The summed E-state index contributed by atoms with van der Waals surface area (Å²) < 4.78 is 0. The lowest BCUT2D eigenvalue weighted by Gasteiger charge is -2.33. The second-order valence-electron chi connectivity index (χ2n) is 5.47. The number of hydrogen-bond donors (Lipinski definition) is 1. The lowest BCUT2D eigenvalue weighted by molar-refractivity contribution is -0.116. The zero-order chi connectivity index (χ0) is 16.7. The van der Waals surface area contributed by atoms with Crippen molar-refractivity contribution in [2.24, 2.45) is 10.1 Å². The number of hydrogen-bond acceptors (Lipinski definition) is 6. The predicted octanol–water partition coefficient (Wildman–Crippen LogP) is 1.95. The van der Waals surface area contributed by atoms with E-state index in [1.165, 1.54) is 17.3 Å². The van der Waals surface area contributed by atoms with Gasteiger partial charge in [0.05, 0.1) is 10.2 Å². The highest BCUT2D eigenvalue weighted by Gasteiger charge is 2.35. The molecular weight excluding hydrogens is 340 g/mol. The minimum Gasteiger partial charge on any atom is -0.298 e. The van der Waals surface area contributed by atoms with Crippen molar-refractivity contribution in [3.05, 3.63) is 56.7 Å². The second-order valence-corrected chi connectivity index (χ2v) is 7.67. The standard InChI is InChI=1S/C17H16N4OS2/c1-3-23-17-19-16(22)13-11-6-4-5-7-12(11)18-15(21(13)20-17)14-10(2)8-9-24-14/h4-9,15H,3H2,1-2H3,(H,19,20,22)/t15-/m1/s1. The van der Waals surface area contributed by atoms with Crippen molar-refractivity contribution in [2.75, 3.05) is 5.75 Å². The summed E-state index contributed by atoms with van der Waals surface area (Å²) >= 11 is 3.17. The molecule has 2 aromatic rings. The third-order valence-electron chi connectivity index (χ3n) is 3.93. The van der Waals surface area contributed by atoms with Crippen LogP contribution in [0.2, 0.25) is 0 Å². The maximum atomic E-state index is 12.8. The van der Waals surface area contributed by atoms with Gasteiger partial charge in [0.1, 0.15) is 5.70 Å². The van der Waals surface area contributed by atoms with Crippen LogP contribution in [0.25, 0.3) is 5.70 Å². The van der Waals surface area contributed by atoms with Crippen LogP contribution in [0.4, 0.5) is 0 Å². The summed E-state index contributed by atoms with van der Waals surface area (Å²) in [5, 5.41) is 13.7. The molecule has 1 aromatic carbocycles. The molecule has 0 saturated carbocycles. The van der Waals surface area contributed by atoms with Gasteiger partial charge in [-0.3, -0.25) is 15.1 Å². The highest BCUT2D eigenvalue weighted by atomic mass is 32.2. The van der Waals surface area contributed by atoms with Crippen LogP contribution in [0.1, 0.15) is 23.5 Å². The molecule has 24 heavy (non-hydrogen) atoms. The van der Waals surface area contributed by atoms with Crippen molar-refractivity contribution in [3.63, 3.8) is 0 Å². The Morgan fingerprint density at radius 2 is 2.17 bits per heavy atom. The van der Waals surface area contributed by atoms with Gasteiger partial charge in [-0.2, -0.15) is 0 Å². The van der Waals surface area contributed by atoms with Crippen molar-refractivity contribution in [3.8, 4) is 0 Å². The Morgan fingerprint density at radius 1 is 1.33 bits per heavy atom. The quantitative estimate of drug-likeness (QED) is 0.895. The van der Waals surface area contributed by atoms with Crippen LogP contribution in [0, 0.1) is 6.92 Å². The van der Waals surface area contributed by atoms with E-state index in [2.05, 4.69) is 28.8 Å². The van der Waals surface area contributed by atoms with Crippen LogP contribution in [-0.2, 0) is 4.79 Å². The number of nitrogens with one attached hydrogen (secondary N) is 1. The van der Waals surface area contributed by atoms with Crippen LogP contribution < -0.4 is 15.9 Å². The number of carbonyl (C=O) groups excluding carboxylic acids is 1. The van der Waals surface area contributed by atoms with E-state index in [4.69, 9.17) is 4.99 Å². The van der Waals surface area contributed by atoms with Crippen molar-refractivity contribution in [1.29, 1.82) is 0 Å². The number of aryl methyl sites for hydroxylation is 1. The lowest BCUT2D eigenvalue weighted by Crippen LogP contribution is -2.50. The number of thioether (sulfide) groups is 1. The molecule has 0 aliphatic carbocycles. The Morgan fingerprint density at radius 3 is 2.92 bits per heavy atom. The van der Waals surface area contributed by atoms with Crippen LogP contribution >= 0.6 is 23.1 Å². The van der Waals surface area contributed by atoms with E-state index < -0.39 is 0 Å². The zero-order valence-corrected chi connectivity index (χ0v) is 14.9. The Kier molecular flexibility index (Phi) is 3.90. The van der Waals surface area contributed by atoms with Gasteiger partial charge in [0.15, 0.2) is 11.3 Å². The number of thiophene rings is 1. The van der Waals surface area contributed by atoms with E-state index in [-0.39, 0.29) is 12.1 Å². The van der Waals surface area contributed by atoms with Gasteiger partial charge in [-0.15, -0.1) is 16.4 Å². The predicted molar refractivity (Wildman–Crippen MR) is 98.0 cm³/mol. The zero-order valence-electron chi connectivity index (χ0n) is 13.3. The van der Waals surface area contributed by atoms with E-state index in [1.54, 1.807) is 16.3 Å². The molecule has 0 radical (unpaired) electrons. The molecule has 2 aliphatic heterocycles. The maximum Gasteiger partial charge on any atom is 0.276 e. The Hall–Kier alpha value is -2.12. The Bertz CT molecular complexity index is 963. The van der Waals surface area contributed by atoms with E-state index in [1.807, 2.05) is 31.2 Å². The summed E-state index contributed by atoms with van der Waals surface area (Å²) in [4.78, 5) is 18.7. The van der Waals surface area contributed by atoms with Gasteiger partial charge < -0.3 is 0 Å². The van der Waals surface area contributed by atoms with Gasteiger partial charge >= 0.3 is 0 Å². The molecule has 0 spiro atoms. The topological polar surface area (TPSA) is 57.1 Å². The fourth-order valence-electron chi connectivity index (χ4n) is 2.85. The summed E-state index contributed by atoms with van der Waals surface area (Å²) in [7, 11) is 0. The highest BCUT2D eigenvalue weighted by Crippen LogP contribution is 2.35. The summed E-state index contributed by atoms with van der Waals surface area (Å²) in [5.41, 5.74) is 1.73. The monoisotopic (exact) mass is 356 g/mol. The minimum absolute atomic E-state index is 0.123. The number of amides is 1. The number of fused-ring (bicyclic) bond motifs is 2. The van der Waals surface area contributed by atoms with Crippen LogP contribution in [0.5, 0.6) is 0 Å². The number of nitrogens with zero attached hydrogens (tertiary/aromatic N) is 3. The average molecular weight is 356 g/mol. The average Bonchev–Trinajstić information content (AvgIpc) is 3.00. The van der Waals surface area contributed by atoms with E-state index in [0.717, 1.165) is 21.2 Å². The van der Waals surface area contributed by atoms with Gasteiger partial charge in [0.25, 0.3) is 5.91 Å². The van der Waals surface area contributed by atoms with Crippen molar-refractivity contribution in [2.45, 2.75) is 20.0 Å². The molecule has 0 fully saturated rings. The molecule has 4 rings (SSSR count). The third kappa shape index (κ3) is 2.44. The maximum absolute atomic E-state index is 12.8. The lowest BCUT2D eigenvalue weighted by atomic mass is 10.1. The first kappa shape index (κ1) is 15.4. The molecule has 1 aromatic heterocycles. The smallest absolute Gasteiger partial charge is 0.276 e. The summed E-state index contributed by atoms with van der Waals surface area (Å²) in [6, 6.07) is 9.81. The van der Waals surface area contributed by atoms with Crippen LogP contribution in [-0.4, -0.2) is 21.8 Å². The first-order valence-corrected chi connectivity index (χ1v) is 9.58. The Labute approximate surface area is 147 Å². The molecule has 2 aliphatic rings. The SMILES string of the molecule is CCSC1=NN2C(=c3ccccc3=N[C@H]2c2sccc2C)C(=O)N1. The fraction of sp³-hybridized carbons (Fsp3) is 0.235. The number of rotatable bonds is 2. The van der Waals surface area contributed by atoms with Crippen molar-refractivity contribution < 1.29 is 4.79 Å². The summed E-state index contributed by atoms with van der Waals surface area (Å²) in [5.74, 6) is 0.723. The molecule has 5 nitrogen and oxygen atoms in total. The van der Waals surface area contributed by atoms with Crippen molar-refractivity contribution >= 4 is 39.9 Å². The minimum atomic E-state index is -0.298. The molecule has 3 heterocycles.